The second-order valence-electron chi connectivity index (χ2n) is 5.15. The molecule has 0 saturated heterocycles. The van der Waals surface area contributed by atoms with Crippen LogP contribution in [0.1, 0.15) is 44.2 Å². The Morgan fingerprint density at radius 3 is 2.79 bits per heavy atom. The first-order chi connectivity index (χ1) is 6.49. The molecule has 1 aliphatic rings. The molecule has 0 radical (unpaired) electrons. The van der Waals surface area contributed by atoms with E-state index in [1.807, 2.05) is 0 Å². The number of aryl methyl sites for hydroxylation is 1. The zero-order valence-electron chi connectivity index (χ0n) is 9.52. The summed E-state index contributed by atoms with van der Waals surface area (Å²) >= 11 is 0. The van der Waals surface area contributed by atoms with Gasteiger partial charge in [0.15, 0.2) is 0 Å². The highest BCUT2D eigenvalue weighted by atomic mass is 15.0. The molecule has 14 heavy (non-hydrogen) atoms. The molecule has 1 heteroatoms. The maximum absolute atomic E-state index is 3.61. The fourth-order valence-electron chi connectivity index (χ4n) is 2.73. The molecule has 1 aliphatic heterocycles. The van der Waals surface area contributed by atoms with Gasteiger partial charge < -0.3 is 5.32 Å². The summed E-state index contributed by atoms with van der Waals surface area (Å²) in [5, 5.41) is 3.61. The van der Waals surface area contributed by atoms with E-state index in [-0.39, 0.29) is 5.54 Å². The lowest BCUT2D eigenvalue weighted by Crippen LogP contribution is -2.36. The first kappa shape index (κ1) is 9.57. The van der Waals surface area contributed by atoms with Crippen molar-refractivity contribution in [3.63, 3.8) is 0 Å². The normalized spacial score (nSPS) is 23.9. The van der Waals surface area contributed by atoms with E-state index in [1.165, 1.54) is 23.2 Å². The molecule has 1 unspecified atom stereocenters. The van der Waals surface area contributed by atoms with Gasteiger partial charge in [0, 0.05) is 11.2 Å². The van der Waals surface area contributed by atoms with Crippen LogP contribution < -0.4 is 5.32 Å². The predicted octanol–water partition coefficient (Wildman–Crippen LogP) is 3.69. The molecular weight excluding hydrogens is 170 g/mol. The van der Waals surface area contributed by atoms with Gasteiger partial charge in [-0.1, -0.05) is 19.1 Å². The minimum Gasteiger partial charge on any atom is -0.380 e. The second-order valence-corrected chi connectivity index (χ2v) is 5.15. The molecule has 0 saturated carbocycles. The lowest BCUT2D eigenvalue weighted by molar-refractivity contribution is 0.453. The maximum Gasteiger partial charge on any atom is 0.0382 e. The minimum absolute atomic E-state index is 0.236. The van der Waals surface area contributed by atoms with Crippen molar-refractivity contribution in [1.82, 2.24) is 0 Å². The minimum atomic E-state index is 0.236. The SMILES string of the molecule is Cc1cccc2c1C(C)CC(C)(C)N2. The van der Waals surface area contributed by atoms with E-state index in [4.69, 9.17) is 0 Å². The first-order valence-corrected chi connectivity index (χ1v) is 5.37. The highest BCUT2D eigenvalue weighted by Crippen LogP contribution is 2.39. The number of fused-ring (bicyclic) bond motifs is 1. The average molecular weight is 189 g/mol. The van der Waals surface area contributed by atoms with E-state index in [0.717, 1.165) is 0 Å². The van der Waals surface area contributed by atoms with Crippen molar-refractivity contribution in [2.45, 2.75) is 45.6 Å². The van der Waals surface area contributed by atoms with Crippen LogP contribution in [0.15, 0.2) is 18.2 Å². The molecule has 1 nitrogen and oxygen atoms in total. The first-order valence-electron chi connectivity index (χ1n) is 5.37. The molecule has 1 heterocycles. The average Bonchev–Trinajstić information content (AvgIpc) is 2.00. The third-order valence-electron chi connectivity index (χ3n) is 3.11. The van der Waals surface area contributed by atoms with Gasteiger partial charge in [0.2, 0.25) is 0 Å². The summed E-state index contributed by atoms with van der Waals surface area (Å²) in [5.74, 6) is 0.669. The summed E-state index contributed by atoms with van der Waals surface area (Å²) in [5.41, 5.74) is 4.49. The van der Waals surface area contributed by atoms with Gasteiger partial charge in [0.05, 0.1) is 0 Å². The van der Waals surface area contributed by atoms with Crippen LogP contribution in [-0.2, 0) is 0 Å². The van der Waals surface area contributed by atoms with Crippen LogP contribution in [0, 0.1) is 6.92 Å². The maximum atomic E-state index is 3.61. The standard InChI is InChI=1S/C13H19N/c1-9-6-5-7-11-12(9)10(2)8-13(3,4)14-11/h5-7,10,14H,8H2,1-4H3. The van der Waals surface area contributed by atoms with Gasteiger partial charge in [-0.2, -0.15) is 0 Å². The van der Waals surface area contributed by atoms with Crippen LogP contribution in [-0.4, -0.2) is 5.54 Å². The van der Waals surface area contributed by atoms with Gasteiger partial charge in [-0.25, -0.2) is 0 Å². The predicted molar refractivity (Wildman–Crippen MR) is 61.9 cm³/mol. The number of benzene rings is 1. The monoisotopic (exact) mass is 189 g/mol. The smallest absolute Gasteiger partial charge is 0.0382 e. The van der Waals surface area contributed by atoms with Crippen LogP contribution in [0.2, 0.25) is 0 Å². The Hall–Kier alpha value is -0.980. The number of rotatable bonds is 0. The number of nitrogens with one attached hydrogen (secondary N) is 1. The molecule has 0 bridgehead atoms. The summed E-state index contributed by atoms with van der Waals surface area (Å²) in [6.07, 6.45) is 1.21. The second kappa shape index (κ2) is 3.01. The van der Waals surface area contributed by atoms with Crippen LogP contribution in [0.4, 0.5) is 5.69 Å². The van der Waals surface area contributed by atoms with Crippen molar-refractivity contribution in [2.24, 2.45) is 0 Å². The van der Waals surface area contributed by atoms with Crippen molar-refractivity contribution in [3.05, 3.63) is 29.3 Å². The summed E-state index contributed by atoms with van der Waals surface area (Å²) in [7, 11) is 0. The van der Waals surface area contributed by atoms with Crippen molar-refractivity contribution < 1.29 is 0 Å². The molecule has 1 aromatic carbocycles. The Balaban J connectivity index is 2.50. The van der Waals surface area contributed by atoms with Gasteiger partial charge in [-0.05, 0) is 50.3 Å². The van der Waals surface area contributed by atoms with E-state index in [2.05, 4.69) is 51.2 Å². The van der Waals surface area contributed by atoms with Gasteiger partial charge >= 0.3 is 0 Å². The summed E-state index contributed by atoms with van der Waals surface area (Å²) in [4.78, 5) is 0. The van der Waals surface area contributed by atoms with Gasteiger partial charge in [-0.3, -0.25) is 0 Å². The topological polar surface area (TPSA) is 12.0 Å². The van der Waals surface area contributed by atoms with E-state index in [1.54, 1.807) is 0 Å². The van der Waals surface area contributed by atoms with Gasteiger partial charge in [0.1, 0.15) is 0 Å². The molecule has 0 aromatic heterocycles. The van der Waals surface area contributed by atoms with Crippen LogP contribution in [0.3, 0.4) is 0 Å². The van der Waals surface area contributed by atoms with E-state index in [9.17, 15) is 0 Å². The molecule has 0 fully saturated rings. The fourth-order valence-corrected chi connectivity index (χ4v) is 2.73. The number of anilines is 1. The number of hydrogen-bond acceptors (Lipinski definition) is 1. The molecular formula is C13H19N. The third kappa shape index (κ3) is 1.52. The van der Waals surface area contributed by atoms with E-state index in [0.29, 0.717) is 5.92 Å². The Bertz CT molecular complexity index is 352. The quantitative estimate of drug-likeness (QED) is 0.656. The highest BCUT2D eigenvalue weighted by Gasteiger charge is 2.29. The Labute approximate surface area is 86.5 Å². The lowest BCUT2D eigenvalue weighted by Gasteiger charge is -2.38. The fraction of sp³-hybridized carbons (Fsp3) is 0.538. The van der Waals surface area contributed by atoms with Gasteiger partial charge in [0.25, 0.3) is 0 Å². The summed E-state index contributed by atoms with van der Waals surface area (Å²) in [6, 6.07) is 6.53. The van der Waals surface area contributed by atoms with Crippen LogP contribution >= 0.6 is 0 Å². The Morgan fingerprint density at radius 1 is 1.36 bits per heavy atom. The molecule has 0 spiro atoms. The van der Waals surface area contributed by atoms with E-state index >= 15 is 0 Å². The van der Waals surface area contributed by atoms with Crippen LogP contribution in [0.25, 0.3) is 0 Å². The highest BCUT2D eigenvalue weighted by molar-refractivity contribution is 5.59. The van der Waals surface area contributed by atoms with Crippen molar-refractivity contribution in [2.75, 3.05) is 5.32 Å². The van der Waals surface area contributed by atoms with Crippen molar-refractivity contribution in [3.8, 4) is 0 Å². The van der Waals surface area contributed by atoms with Gasteiger partial charge in [-0.15, -0.1) is 0 Å². The molecule has 1 aromatic rings. The molecule has 0 aliphatic carbocycles. The molecule has 1 N–H and O–H groups in total. The molecule has 1 atom stereocenters. The lowest BCUT2D eigenvalue weighted by atomic mass is 9.80. The number of hydrogen-bond donors (Lipinski definition) is 1. The molecule has 0 amide bonds. The van der Waals surface area contributed by atoms with E-state index < -0.39 is 0 Å². The zero-order valence-corrected chi connectivity index (χ0v) is 9.52. The summed E-state index contributed by atoms with van der Waals surface area (Å²) in [6.45, 7) is 9.08. The van der Waals surface area contributed by atoms with Crippen molar-refractivity contribution >= 4 is 5.69 Å². The Morgan fingerprint density at radius 2 is 2.07 bits per heavy atom. The van der Waals surface area contributed by atoms with Crippen LogP contribution in [0.5, 0.6) is 0 Å². The molecule has 76 valence electrons. The Kier molecular flexibility index (Phi) is 2.06. The largest absolute Gasteiger partial charge is 0.380 e. The zero-order chi connectivity index (χ0) is 10.3. The molecule has 2 rings (SSSR count). The summed E-state index contributed by atoms with van der Waals surface area (Å²) < 4.78 is 0. The van der Waals surface area contributed by atoms with Crippen molar-refractivity contribution in [1.29, 1.82) is 0 Å². The third-order valence-corrected chi connectivity index (χ3v) is 3.11.